The number of nitrogens with one attached hydrogen (secondary N) is 1. The highest BCUT2D eigenvalue weighted by atomic mass is 79.9. The van der Waals surface area contributed by atoms with Gasteiger partial charge in [0.2, 0.25) is 5.91 Å². The van der Waals surface area contributed by atoms with Crippen LogP contribution in [-0.2, 0) is 16.6 Å². The molecule has 4 rings (SSSR count). The topological polar surface area (TPSA) is 89.4 Å². The monoisotopic (exact) mass is 519 g/mol. The van der Waals surface area contributed by atoms with E-state index in [1.54, 1.807) is 22.6 Å². The highest BCUT2D eigenvalue weighted by Crippen LogP contribution is 2.37. The van der Waals surface area contributed by atoms with Crippen LogP contribution in [0.15, 0.2) is 52.1 Å². The summed E-state index contributed by atoms with van der Waals surface area (Å²) in [7, 11) is 1.78. The molecule has 0 saturated heterocycles. The van der Waals surface area contributed by atoms with E-state index in [-0.39, 0.29) is 29.9 Å². The van der Waals surface area contributed by atoms with Gasteiger partial charge in [-0.2, -0.15) is 0 Å². The van der Waals surface area contributed by atoms with Gasteiger partial charge in [0.15, 0.2) is 17.6 Å². The first-order valence-electron chi connectivity index (χ1n) is 9.66. The van der Waals surface area contributed by atoms with Crippen LogP contribution in [0.3, 0.4) is 0 Å². The molecule has 0 aliphatic carbocycles. The van der Waals surface area contributed by atoms with Crippen LogP contribution < -0.4 is 15.0 Å². The Morgan fingerprint density at radius 3 is 2.88 bits per heavy atom. The van der Waals surface area contributed by atoms with Crippen molar-refractivity contribution in [1.82, 2.24) is 14.8 Å². The zero-order valence-electron chi connectivity index (χ0n) is 17.2. The molecule has 2 amide bonds. The number of carbonyl (C=O) groups excluding carboxylic acids is 2. The van der Waals surface area contributed by atoms with Crippen LogP contribution >= 0.6 is 27.7 Å². The van der Waals surface area contributed by atoms with Crippen LogP contribution in [0.4, 0.5) is 15.8 Å². The second-order valence-electron chi connectivity index (χ2n) is 7.06. The Morgan fingerprint density at radius 2 is 2.09 bits per heavy atom. The van der Waals surface area contributed by atoms with E-state index in [1.807, 2.05) is 31.2 Å². The van der Waals surface area contributed by atoms with Gasteiger partial charge in [0.05, 0.1) is 23.2 Å². The predicted octanol–water partition coefficient (Wildman–Crippen LogP) is 3.93. The lowest BCUT2D eigenvalue weighted by atomic mass is 10.1. The molecule has 0 bridgehead atoms. The number of carbonyl (C=O) groups is 2. The van der Waals surface area contributed by atoms with Crippen molar-refractivity contribution in [2.24, 2.45) is 7.05 Å². The lowest BCUT2D eigenvalue weighted by Crippen LogP contribution is -2.41. The molecule has 2 heterocycles. The molecule has 1 atom stereocenters. The van der Waals surface area contributed by atoms with E-state index in [0.717, 1.165) is 0 Å². The van der Waals surface area contributed by atoms with Gasteiger partial charge in [-0.3, -0.25) is 14.5 Å². The molecule has 1 aromatic heterocycles. The highest BCUT2D eigenvalue weighted by Gasteiger charge is 2.32. The molecule has 1 N–H and O–H groups in total. The average molecular weight is 520 g/mol. The lowest BCUT2D eigenvalue weighted by molar-refractivity contribution is -0.121. The van der Waals surface area contributed by atoms with E-state index in [1.165, 1.54) is 23.9 Å². The van der Waals surface area contributed by atoms with Crippen molar-refractivity contribution in [3.8, 4) is 5.75 Å². The minimum Gasteiger partial charge on any atom is -0.482 e. The maximum atomic E-state index is 13.9. The van der Waals surface area contributed by atoms with Gasteiger partial charge in [-0.25, -0.2) is 4.39 Å². The third kappa shape index (κ3) is 4.49. The first-order valence-corrected chi connectivity index (χ1v) is 11.4. The molecular weight excluding hydrogens is 501 g/mol. The summed E-state index contributed by atoms with van der Waals surface area (Å²) in [5, 5.41) is 11.5. The standard InChI is InChI=1S/C21H19BrFN5O3S/c1-12(28-16-5-3-4-6-17(16)31-10-19(28)30)20-25-26-21(27(20)2)32-11-18(29)24-15-8-7-13(22)9-14(15)23/h3-9,12H,10-11H2,1-2H3,(H,24,29)/t12-/m0/s1. The number of hydrogen-bond acceptors (Lipinski definition) is 6. The molecule has 0 saturated carbocycles. The number of para-hydroxylation sites is 2. The molecule has 2 aromatic carbocycles. The smallest absolute Gasteiger partial charge is 0.265 e. The van der Waals surface area contributed by atoms with Crippen molar-refractivity contribution < 1.29 is 18.7 Å². The van der Waals surface area contributed by atoms with Crippen LogP contribution in [0.1, 0.15) is 18.8 Å². The number of thioether (sulfide) groups is 1. The number of hydrogen-bond donors (Lipinski definition) is 1. The molecule has 8 nitrogen and oxygen atoms in total. The van der Waals surface area contributed by atoms with Gasteiger partial charge in [0, 0.05) is 11.5 Å². The number of halogens is 2. The fourth-order valence-electron chi connectivity index (χ4n) is 3.38. The molecule has 0 unspecified atom stereocenters. The van der Waals surface area contributed by atoms with Crippen molar-refractivity contribution >= 4 is 50.9 Å². The number of aromatic nitrogens is 3. The number of amides is 2. The second kappa shape index (κ2) is 9.29. The largest absolute Gasteiger partial charge is 0.482 e. The van der Waals surface area contributed by atoms with Gasteiger partial charge in [0.1, 0.15) is 11.6 Å². The Kier molecular flexibility index (Phi) is 6.47. The second-order valence-corrected chi connectivity index (χ2v) is 8.92. The summed E-state index contributed by atoms with van der Waals surface area (Å²) in [5.74, 6) is 0.151. The van der Waals surface area contributed by atoms with Crippen LogP contribution in [0.2, 0.25) is 0 Å². The molecule has 166 valence electrons. The molecule has 1 aliphatic heterocycles. The van der Waals surface area contributed by atoms with Gasteiger partial charge >= 0.3 is 0 Å². The summed E-state index contributed by atoms with van der Waals surface area (Å²) in [6.45, 7) is 1.81. The summed E-state index contributed by atoms with van der Waals surface area (Å²) in [6, 6.07) is 11.3. The summed E-state index contributed by atoms with van der Waals surface area (Å²) in [5.41, 5.74) is 0.778. The third-order valence-corrected chi connectivity index (χ3v) is 6.43. The van der Waals surface area contributed by atoms with E-state index >= 15 is 0 Å². The lowest BCUT2D eigenvalue weighted by Gasteiger charge is -2.33. The summed E-state index contributed by atoms with van der Waals surface area (Å²) in [6.07, 6.45) is 0. The number of anilines is 2. The molecule has 0 fully saturated rings. The van der Waals surface area contributed by atoms with Gasteiger partial charge in [0.25, 0.3) is 5.91 Å². The van der Waals surface area contributed by atoms with E-state index in [0.29, 0.717) is 26.9 Å². The molecular formula is C21H19BrFN5O3S. The van der Waals surface area contributed by atoms with Crippen molar-refractivity contribution in [3.05, 3.63) is 58.6 Å². The SMILES string of the molecule is C[C@@H](c1nnc(SCC(=O)Nc2ccc(Br)cc2F)n1C)N1C(=O)COc2ccccc21. The van der Waals surface area contributed by atoms with Crippen LogP contribution in [0.5, 0.6) is 5.75 Å². The summed E-state index contributed by atoms with van der Waals surface area (Å²) < 4.78 is 21.8. The summed E-state index contributed by atoms with van der Waals surface area (Å²) in [4.78, 5) is 26.5. The average Bonchev–Trinajstić information content (AvgIpc) is 3.14. The van der Waals surface area contributed by atoms with Crippen molar-refractivity contribution in [1.29, 1.82) is 0 Å². The maximum Gasteiger partial charge on any atom is 0.265 e. The minimum atomic E-state index is -0.525. The number of nitrogens with zero attached hydrogens (tertiary/aromatic N) is 4. The first-order chi connectivity index (χ1) is 15.3. The van der Waals surface area contributed by atoms with E-state index in [2.05, 4.69) is 31.4 Å². The third-order valence-electron chi connectivity index (χ3n) is 4.91. The van der Waals surface area contributed by atoms with Gasteiger partial charge < -0.3 is 14.6 Å². The number of fused-ring (bicyclic) bond motifs is 1. The van der Waals surface area contributed by atoms with E-state index in [4.69, 9.17) is 4.74 Å². The quantitative estimate of drug-likeness (QED) is 0.496. The fraction of sp³-hybridized carbons (Fsp3) is 0.238. The predicted molar refractivity (Wildman–Crippen MR) is 122 cm³/mol. The normalized spacial score (nSPS) is 14.0. The number of benzene rings is 2. The van der Waals surface area contributed by atoms with Crippen molar-refractivity contribution in [2.45, 2.75) is 18.1 Å². The van der Waals surface area contributed by atoms with Crippen molar-refractivity contribution in [3.63, 3.8) is 0 Å². The molecule has 11 heteroatoms. The van der Waals surface area contributed by atoms with E-state index < -0.39 is 11.9 Å². The van der Waals surface area contributed by atoms with Crippen LogP contribution in [-0.4, -0.2) is 38.9 Å². The maximum absolute atomic E-state index is 13.9. The molecule has 32 heavy (non-hydrogen) atoms. The van der Waals surface area contributed by atoms with E-state index in [9.17, 15) is 14.0 Å². The zero-order valence-corrected chi connectivity index (χ0v) is 19.6. The first kappa shape index (κ1) is 22.3. The zero-order chi connectivity index (χ0) is 22.8. The van der Waals surface area contributed by atoms with Crippen LogP contribution in [0.25, 0.3) is 0 Å². The fourth-order valence-corrected chi connectivity index (χ4v) is 4.44. The van der Waals surface area contributed by atoms with Crippen molar-refractivity contribution in [2.75, 3.05) is 22.6 Å². The Morgan fingerprint density at radius 1 is 1.31 bits per heavy atom. The Bertz CT molecular complexity index is 1190. The number of ether oxygens (including phenoxy) is 1. The molecule has 3 aromatic rings. The highest BCUT2D eigenvalue weighted by molar-refractivity contribution is 9.10. The molecule has 0 radical (unpaired) electrons. The minimum absolute atomic E-state index is 0.0230. The Labute approximate surface area is 196 Å². The molecule has 0 spiro atoms. The van der Waals surface area contributed by atoms with Crippen LogP contribution in [0, 0.1) is 5.82 Å². The Hall–Kier alpha value is -2.92. The molecule has 1 aliphatic rings. The van der Waals surface area contributed by atoms with Gasteiger partial charge in [-0.15, -0.1) is 10.2 Å². The van der Waals surface area contributed by atoms with Gasteiger partial charge in [-0.05, 0) is 37.3 Å². The van der Waals surface area contributed by atoms with Gasteiger partial charge in [-0.1, -0.05) is 39.8 Å². The summed E-state index contributed by atoms with van der Waals surface area (Å²) >= 11 is 4.35. The Balaban J connectivity index is 1.45. The number of rotatable bonds is 6.